The van der Waals surface area contributed by atoms with E-state index < -0.39 is 0 Å². The lowest BCUT2D eigenvalue weighted by Gasteiger charge is -2.24. The number of hydrogen-bond donors (Lipinski definition) is 1. The first-order valence-electron chi connectivity index (χ1n) is 7.90. The van der Waals surface area contributed by atoms with E-state index in [0.29, 0.717) is 13.2 Å². The van der Waals surface area contributed by atoms with Gasteiger partial charge < -0.3 is 14.8 Å². The summed E-state index contributed by atoms with van der Waals surface area (Å²) >= 11 is 0. The van der Waals surface area contributed by atoms with Crippen LogP contribution in [-0.4, -0.2) is 29.8 Å². The van der Waals surface area contributed by atoms with Crippen molar-refractivity contribution in [1.29, 1.82) is 0 Å². The minimum absolute atomic E-state index is 0.0647. The third-order valence-corrected chi connectivity index (χ3v) is 3.56. The SMILES string of the molecule is Cc1ccc(OCC2CCCCO2)c(CNC(C)(C)C)n1. The fourth-order valence-electron chi connectivity index (χ4n) is 2.33. The summed E-state index contributed by atoms with van der Waals surface area (Å²) in [7, 11) is 0. The predicted molar refractivity (Wildman–Crippen MR) is 84.7 cm³/mol. The van der Waals surface area contributed by atoms with Crippen LogP contribution in [0.2, 0.25) is 0 Å². The summed E-state index contributed by atoms with van der Waals surface area (Å²) in [6, 6.07) is 4.02. The highest BCUT2D eigenvalue weighted by molar-refractivity contribution is 5.29. The first-order valence-corrected chi connectivity index (χ1v) is 7.90. The molecule has 118 valence electrons. The van der Waals surface area contributed by atoms with Crippen LogP contribution in [0.3, 0.4) is 0 Å². The van der Waals surface area contributed by atoms with Crippen molar-refractivity contribution in [2.24, 2.45) is 0 Å². The summed E-state index contributed by atoms with van der Waals surface area (Å²) in [6.07, 6.45) is 3.72. The molecule has 4 nitrogen and oxygen atoms in total. The summed E-state index contributed by atoms with van der Waals surface area (Å²) in [5, 5.41) is 3.47. The van der Waals surface area contributed by atoms with Crippen LogP contribution >= 0.6 is 0 Å². The molecule has 4 heteroatoms. The fraction of sp³-hybridized carbons (Fsp3) is 0.706. The molecule has 0 radical (unpaired) electrons. The molecule has 1 saturated heterocycles. The smallest absolute Gasteiger partial charge is 0.142 e. The first-order chi connectivity index (χ1) is 9.94. The molecule has 1 aliphatic rings. The van der Waals surface area contributed by atoms with Crippen molar-refractivity contribution in [2.75, 3.05) is 13.2 Å². The number of aryl methyl sites for hydroxylation is 1. The zero-order valence-electron chi connectivity index (χ0n) is 13.7. The van der Waals surface area contributed by atoms with Gasteiger partial charge in [-0.25, -0.2) is 0 Å². The molecule has 1 aromatic heterocycles. The molecule has 0 bridgehead atoms. The van der Waals surface area contributed by atoms with Gasteiger partial charge >= 0.3 is 0 Å². The Bertz CT molecular complexity index is 449. The molecule has 2 heterocycles. The number of rotatable bonds is 5. The van der Waals surface area contributed by atoms with Crippen LogP contribution < -0.4 is 10.1 Å². The molecular weight excluding hydrogens is 264 g/mol. The fourth-order valence-corrected chi connectivity index (χ4v) is 2.33. The largest absolute Gasteiger partial charge is 0.489 e. The average Bonchev–Trinajstić information content (AvgIpc) is 2.44. The molecule has 1 atom stereocenters. The van der Waals surface area contributed by atoms with Crippen LogP contribution in [0.5, 0.6) is 5.75 Å². The van der Waals surface area contributed by atoms with Crippen LogP contribution in [0.4, 0.5) is 0 Å². The van der Waals surface area contributed by atoms with E-state index in [0.717, 1.165) is 30.2 Å². The molecule has 1 unspecified atom stereocenters. The topological polar surface area (TPSA) is 43.4 Å². The Morgan fingerprint density at radius 3 is 2.81 bits per heavy atom. The summed E-state index contributed by atoms with van der Waals surface area (Å²) in [4.78, 5) is 4.61. The highest BCUT2D eigenvalue weighted by atomic mass is 16.5. The predicted octanol–water partition coefficient (Wildman–Crippen LogP) is 3.23. The maximum atomic E-state index is 5.97. The Kier molecular flexibility index (Phi) is 5.59. The Morgan fingerprint density at radius 2 is 2.14 bits per heavy atom. The van der Waals surface area contributed by atoms with Gasteiger partial charge in [0.15, 0.2) is 0 Å². The van der Waals surface area contributed by atoms with E-state index in [-0.39, 0.29) is 11.6 Å². The number of aromatic nitrogens is 1. The highest BCUT2D eigenvalue weighted by Gasteiger charge is 2.16. The van der Waals surface area contributed by atoms with Gasteiger partial charge in [0.1, 0.15) is 12.4 Å². The first kappa shape index (κ1) is 16.2. The van der Waals surface area contributed by atoms with Gasteiger partial charge in [-0.05, 0) is 59.1 Å². The molecular formula is C17H28N2O2. The number of ether oxygens (including phenoxy) is 2. The second kappa shape index (κ2) is 7.23. The molecule has 0 amide bonds. The highest BCUT2D eigenvalue weighted by Crippen LogP contribution is 2.20. The summed E-state index contributed by atoms with van der Waals surface area (Å²) in [5.41, 5.74) is 2.05. The molecule has 1 aliphatic heterocycles. The van der Waals surface area contributed by atoms with Crippen LogP contribution in [0.25, 0.3) is 0 Å². The van der Waals surface area contributed by atoms with E-state index in [9.17, 15) is 0 Å². The molecule has 0 spiro atoms. The van der Waals surface area contributed by atoms with Crippen LogP contribution in [0, 0.1) is 6.92 Å². The normalized spacial score (nSPS) is 19.5. The maximum Gasteiger partial charge on any atom is 0.142 e. The summed E-state index contributed by atoms with van der Waals surface area (Å²) in [6.45, 7) is 10.7. The third kappa shape index (κ3) is 5.64. The van der Waals surface area contributed by atoms with Crippen molar-refractivity contribution in [3.63, 3.8) is 0 Å². The minimum atomic E-state index is 0.0647. The quantitative estimate of drug-likeness (QED) is 0.905. The maximum absolute atomic E-state index is 5.97. The van der Waals surface area contributed by atoms with E-state index in [4.69, 9.17) is 9.47 Å². The zero-order valence-corrected chi connectivity index (χ0v) is 13.7. The number of pyridine rings is 1. The van der Waals surface area contributed by atoms with Gasteiger partial charge in [-0.1, -0.05) is 0 Å². The lowest BCUT2D eigenvalue weighted by molar-refractivity contribution is -0.0113. The summed E-state index contributed by atoms with van der Waals surface area (Å²) < 4.78 is 11.7. The molecule has 2 rings (SSSR count). The van der Waals surface area contributed by atoms with Crippen molar-refractivity contribution in [3.05, 3.63) is 23.5 Å². The Hall–Kier alpha value is -1.13. The van der Waals surface area contributed by atoms with Crippen LogP contribution in [-0.2, 0) is 11.3 Å². The third-order valence-electron chi connectivity index (χ3n) is 3.56. The average molecular weight is 292 g/mol. The van der Waals surface area contributed by atoms with Crippen molar-refractivity contribution < 1.29 is 9.47 Å². The second-order valence-corrected chi connectivity index (χ2v) is 6.80. The minimum Gasteiger partial charge on any atom is -0.489 e. The monoisotopic (exact) mass is 292 g/mol. The van der Waals surface area contributed by atoms with E-state index in [1.165, 1.54) is 12.8 Å². The molecule has 21 heavy (non-hydrogen) atoms. The standard InChI is InChI=1S/C17H28N2O2/c1-13-8-9-16(15(19-13)11-18-17(2,3)4)21-12-14-7-5-6-10-20-14/h8-9,14,18H,5-7,10-12H2,1-4H3. The second-order valence-electron chi connectivity index (χ2n) is 6.80. The van der Waals surface area contributed by atoms with Crippen molar-refractivity contribution in [2.45, 2.75) is 65.1 Å². The van der Waals surface area contributed by atoms with E-state index in [2.05, 4.69) is 31.1 Å². The van der Waals surface area contributed by atoms with Gasteiger partial charge in [-0.2, -0.15) is 0 Å². The van der Waals surface area contributed by atoms with E-state index in [1.54, 1.807) is 0 Å². The molecule has 0 aliphatic carbocycles. The molecule has 0 saturated carbocycles. The molecule has 0 aromatic carbocycles. The van der Waals surface area contributed by atoms with Gasteiger partial charge in [-0.15, -0.1) is 0 Å². The van der Waals surface area contributed by atoms with Crippen LogP contribution in [0.15, 0.2) is 12.1 Å². The van der Waals surface area contributed by atoms with Crippen LogP contribution in [0.1, 0.15) is 51.4 Å². The van der Waals surface area contributed by atoms with E-state index >= 15 is 0 Å². The number of nitrogens with zero attached hydrogens (tertiary/aromatic N) is 1. The van der Waals surface area contributed by atoms with E-state index in [1.807, 2.05) is 19.1 Å². The van der Waals surface area contributed by atoms with Gasteiger partial charge in [0, 0.05) is 24.4 Å². The lowest BCUT2D eigenvalue weighted by Crippen LogP contribution is -2.35. The number of nitrogens with one attached hydrogen (secondary N) is 1. The van der Waals surface area contributed by atoms with Crippen molar-refractivity contribution in [1.82, 2.24) is 10.3 Å². The Labute approximate surface area is 128 Å². The Morgan fingerprint density at radius 1 is 1.33 bits per heavy atom. The molecule has 1 N–H and O–H groups in total. The zero-order chi connectivity index (χ0) is 15.3. The van der Waals surface area contributed by atoms with Crippen molar-refractivity contribution >= 4 is 0 Å². The Balaban J connectivity index is 1.96. The molecule has 1 fully saturated rings. The molecule has 1 aromatic rings. The lowest BCUT2D eigenvalue weighted by atomic mass is 10.1. The number of hydrogen-bond acceptors (Lipinski definition) is 4. The van der Waals surface area contributed by atoms with Gasteiger partial charge in [0.2, 0.25) is 0 Å². The van der Waals surface area contributed by atoms with Crippen molar-refractivity contribution in [3.8, 4) is 5.75 Å². The van der Waals surface area contributed by atoms with Gasteiger partial charge in [0.25, 0.3) is 0 Å². The van der Waals surface area contributed by atoms with Gasteiger partial charge in [-0.3, -0.25) is 4.98 Å². The summed E-state index contributed by atoms with van der Waals surface area (Å²) in [5.74, 6) is 0.867. The van der Waals surface area contributed by atoms with Gasteiger partial charge in [0.05, 0.1) is 11.8 Å².